The minimum atomic E-state index is 0.200. The Hall–Kier alpha value is -1.14. The van der Waals surface area contributed by atoms with E-state index in [2.05, 4.69) is 25.4 Å². The van der Waals surface area contributed by atoms with E-state index in [-0.39, 0.29) is 6.61 Å². The first kappa shape index (κ1) is 13.3. The highest BCUT2D eigenvalue weighted by Crippen LogP contribution is 2.20. The fourth-order valence-corrected chi connectivity index (χ4v) is 2.41. The summed E-state index contributed by atoms with van der Waals surface area (Å²) in [4.78, 5) is 6.72. The van der Waals surface area contributed by atoms with Crippen molar-refractivity contribution in [1.82, 2.24) is 20.5 Å². The standard InChI is InChI=1S/C12H23N5O/c1-13-9-10-4-6-17(7-5-10)12-14-11(15-16-12)3-2-8-18/h10,13,18H,2-9H2,1H3,(H,14,15,16). The quantitative estimate of drug-likeness (QED) is 0.673. The molecule has 0 atom stereocenters. The number of nitrogens with zero attached hydrogens (tertiary/aromatic N) is 3. The summed E-state index contributed by atoms with van der Waals surface area (Å²) in [5.74, 6) is 2.46. The van der Waals surface area contributed by atoms with Crippen molar-refractivity contribution in [3.8, 4) is 0 Å². The predicted octanol–water partition coefficient (Wildman–Crippen LogP) is 0.165. The Labute approximate surface area is 108 Å². The molecule has 6 nitrogen and oxygen atoms in total. The van der Waals surface area contributed by atoms with Gasteiger partial charge < -0.3 is 15.3 Å². The molecule has 1 aromatic rings. The molecule has 1 saturated heterocycles. The van der Waals surface area contributed by atoms with Crippen molar-refractivity contribution in [1.29, 1.82) is 0 Å². The van der Waals surface area contributed by atoms with Crippen LogP contribution in [0.25, 0.3) is 0 Å². The van der Waals surface area contributed by atoms with Gasteiger partial charge in [-0.25, -0.2) is 0 Å². The van der Waals surface area contributed by atoms with E-state index in [1.54, 1.807) is 0 Å². The smallest absolute Gasteiger partial charge is 0.244 e. The van der Waals surface area contributed by atoms with Gasteiger partial charge in [-0.1, -0.05) is 0 Å². The molecule has 0 aliphatic carbocycles. The first-order valence-electron chi connectivity index (χ1n) is 6.75. The van der Waals surface area contributed by atoms with Gasteiger partial charge in [-0.05, 0) is 38.8 Å². The Morgan fingerprint density at radius 1 is 1.44 bits per heavy atom. The number of aryl methyl sites for hydroxylation is 1. The molecule has 0 aromatic carbocycles. The predicted molar refractivity (Wildman–Crippen MR) is 70.7 cm³/mol. The maximum Gasteiger partial charge on any atom is 0.244 e. The van der Waals surface area contributed by atoms with Crippen LogP contribution in [0.15, 0.2) is 0 Å². The van der Waals surface area contributed by atoms with Gasteiger partial charge in [0.25, 0.3) is 0 Å². The van der Waals surface area contributed by atoms with Crippen LogP contribution in [0.5, 0.6) is 0 Å². The molecule has 1 aromatic heterocycles. The van der Waals surface area contributed by atoms with Gasteiger partial charge in [0.15, 0.2) is 0 Å². The van der Waals surface area contributed by atoms with E-state index in [0.29, 0.717) is 0 Å². The number of hydrogen-bond acceptors (Lipinski definition) is 5. The van der Waals surface area contributed by atoms with Gasteiger partial charge in [0.05, 0.1) is 0 Å². The van der Waals surface area contributed by atoms with Crippen LogP contribution in [0, 0.1) is 5.92 Å². The molecule has 0 unspecified atom stereocenters. The van der Waals surface area contributed by atoms with E-state index >= 15 is 0 Å². The summed E-state index contributed by atoms with van der Waals surface area (Å²) < 4.78 is 0. The van der Waals surface area contributed by atoms with Gasteiger partial charge in [-0.2, -0.15) is 4.98 Å². The molecular formula is C12H23N5O. The lowest BCUT2D eigenvalue weighted by Crippen LogP contribution is -2.37. The van der Waals surface area contributed by atoms with Gasteiger partial charge in [0.1, 0.15) is 5.82 Å². The van der Waals surface area contributed by atoms with Crippen molar-refractivity contribution >= 4 is 5.95 Å². The third-order valence-electron chi connectivity index (χ3n) is 3.48. The third-order valence-corrected chi connectivity index (χ3v) is 3.48. The molecule has 6 heteroatoms. The molecule has 0 radical (unpaired) electrons. The minimum absolute atomic E-state index is 0.200. The average Bonchev–Trinajstić information content (AvgIpc) is 2.86. The van der Waals surface area contributed by atoms with Crippen LogP contribution in [0.1, 0.15) is 25.1 Å². The molecule has 1 aliphatic heterocycles. The Kier molecular flexibility index (Phi) is 4.95. The van der Waals surface area contributed by atoms with Crippen molar-refractivity contribution in [3.05, 3.63) is 5.82 Å². The summed E-state index contributed by atoms with van der Waals surface area (Å²) in [6.45, 7) is 3.36. The topological polar surface area (TPSA) is 77.1 Å². The highest BCUT2D eigenvalue weighted by molar-refractivity contribution is 5.29. The number of aromatic amines is 1. The Balaban J connectivity index is 1.83. The fraction of sp³-hybridized carbons (Fsp3) is 0.833. The van der Waals surface area contributed by atoms with Crippen LogP contribution in [0.3, 0.4) is 0 Å². The lowest BCUT2D eigenvalue weighted by atomic mass is 9.97. The summed E-state index contributed by atoms with van der Waals surface area (Å²) in [5.41, 5.74) is 0. The number of H-pyrrole nitrogens is 1. The van der Waals surface area contributed by atoms with Crippen LogP contribution in [-0.2, 0) is 6.42 Å². The van der Waals surface area contributed by atoms with Crippen molar-refractivity contribution in [2.75, 3.05) is 38.2 Å². The van der Waals surface area contributed by atoms with Crippen molar-refractivity contribution < 1.29 is 5.11 Å². The molecule has 0 bridgehead atoms. The number of nitrogens with one attached hydrogen (secondary N) is 2. The summed E-state index contributed by atoms with van der Waals surface area (Å²) in [6.07, 6.45) is 3.89. The number of anilines is 1. The summed E-state index contributed by atoms with van der Waals surface area (Å²) in [7, 11) is 2.01. The first-order valence-corrected chi connectivity index (χ1v) is 6.75. The van der Waals surface area contributed by atoms with Crippen molar-refractivity contribution in [3.63, 3.8) is 0 Å². The largest absolute Gasteiger partial charge is 0.396 e. The molecule has 18 heavy (non-hydrogen) atoms. The van der Waals surface area contributed by atoms with E-state index in [0.717, 1.165) is 50.2 Å². The summed E-state index contributed by atoms with van der Waals surface area (Å²) in [6, 6.07) is 0. The molecule has 1 aliphatic rings. The normalized spacial score (nSPS) is 17.3. The second-order valence-corrected chi connectivity index (χ2v) is 4.90. The van der Waals surface area contributed by atoms with Crippen LogP contribution in [0.4, 0.5) is 5.95 Å². The highest BCUT2D eigenvalue weighted by Gasteiger charge is 2.21. The Bertz CT molecular complexity index is 346. The molecule has 0 amide bonds. The molecule has 2 rings (SSSR count). The lowest BCUT2D eigenvalue weighted by molar-refractivity contribution is 0.287. The molecule has 2 heterocycles. The second kappa shape index (κ2) is 6.70. The van der Waals surface area contributed by atoms with E-state index in [4.69, 9.17) is 5.11 Å². The molecule has 1 fully saturated rings. The minimum Gasteiger partial charge on any atom is -0.396 e. The van der Waals surface area contributed by atoms with E-state index in [1.165, 1.54) is 12.8 Å². The van der Waals surface area contributed by atoms with E-state index in [1.807, 2.05) is 7.05 Å². The van der Waals surface area contributed by atoms with Crippen molar-refractivity contribution in [2.24, 2.45) is 5.92 Å². The van der Waals surface area contributed by atoms with Crippen LogP contribution in [0.2, 0.25) is 0 Å². The number of hydrogen-bond donors (Lipinski definition) is 3. The molecule has 0 spiro atoms. The number of aliphatic hydroxyl groups excluding tert-OH is 1. The van der Waals surface area contributed by atoms with Gasteiger partial charge in [-0.15, -0.1) is 5.10 Å². The van der Waals surface area contributed by atoms with Gasteiger partial charge in [-0.3, -0.25) is 5.10 Å². The number of aromatic nitrogens is 3. The van der Waals surface area contributed by atoms with Gasteiger partial charge in [0.2, 0.25) is 5.95 Å². The Morgan fingerprint density at radius 2 is 2.22 bits per heavy atom. The van der Waals surface area contributed by atoms with Gasteiger partial charge in [0, 0.05) is 26.1 Å². The van der Waals surface area contributed by atoms with Crippen LogP contribution < -0.4 is 10.2 Å². The summed E-state index contributed by atoms with van der Waals surface area (Å²) >= 11 is 0. The molecule has 3 N–H and O–H groups in total. The zero-order valence-electron chi connectivity index (χ0n) is 11.0. The van der Waals surface area contributed by atoms with Crippen LogP contribution >= 0.6 is 0 Å². The average molecular weight is 253 g/mol. The maximum absolute atomic E-state index is 8.78. The highest BCUT2D eigenvalue weighted by atomic mass is 16.2. The SMILES string of the molecule is CNCC1CCN(c2n[nH]c(CCCO)n2)CC1. The Morgan fingerprint density at radius 3 is 2.89 bits per heavy atom. The maximum atomic E-state index is 8.78. The fourth-order valence-electron chi connectivity index (χ4n) is 2.41. The number of rotatable bonds is 6. The molecule has 0 saturated carbocycles. The zero-order valence-corrected chi connectivity index (χ0v) is 11.0. The van der Waals surface area contributed by atoms with Crippen molar-refractivity contribution in [2.45, 2.75) is 25.7 Å². The monoisotopic (exact) mass is 253 g/mol. The first-order chi connectivity index (χ1) is 8.83. The van der Waals surface area contributed by atoms with Crippen LogP contribution in [-0.4, -0.2) is 53.6 Å². The lowest BCUT2D eigenvalue weighted by Gasteiger charge is -2.30. The van der Waals surface area contributed by atoms with E-state index in [9.17, 15) is 0 Å². The molecule has 102 valence electrons. The van der Waals surface area contributed by atoms with Gasteiger partial charge >= 0.3 is 0 Å². The molecular weight excluding hydrogens is 230 g/mol. The third kappa shape index (κ3) is 3.43. The summed E-state index contributed by atoms with van der Waals surface area (Å²) in [5, 5.41) is 19.2. The second-order valence-electron chi connectivity index (χ2n) is 4.90. The number of aliphatic hydroxyl groups is 1. The zero-order chi connectivity index (χ0) is 12.8. The number of piperidine rings is 1. The van der Waals surface area contributed by atoms with E-state index < -0.39 is 0 Å².